The number of aliphatic imine (C=N–C) groups is 1. The van der Waals surface area contributed by atoms with Crippen LogP contribution in [0.1, 0.15) is 43.2 Å². The van der Waals surface area contributed by atoms with E-state index in [-0.39, 0.29) is 16.7 Å². The fourth-order valence-corrected chi connectivity index (χ4v) is 6.32. The van der Waals surface area contributed by atoms with Crippen LogP contribution < -0.4 is 15.4 Å². The van der Waals surface area contributed by atoms with Crippen LogP contribution in [0.4, 0.5) is 0 Å². The molecule has 4 rings (SSSR count). The van der Waals surface area contributed by atoms with E-state index in [1.54, 1.807) is 24.9 Å². The highest BCUT2D eigenvalue weighted by molar-refractivity contribution is 8.01. The van der Waals surface area contributed by atoms with Gasteiger partial charge in [0.15, 0.2) is 0 Å². The number of methoxy groups -OCH3 is 1. The van der Waals surface area contributed by atoms with Crippen LogP contribution >= 0.6 is 46.6 Å². The Morgan fingerprint density at radius 1 is 1.14 bits per heavy atom. The summed E-state index contributed by atoms with van der Waals surface area (Å²) in [5.41, 5.74) is 2.61. The first-order valence-corrected chi connectivity index (χ1v) is 14.1. The Morgan fingerprint density at radius 3 is 2.47 bits per heavy atom. The van der Waals surface area contributed by atoms with Gasteiger partial charge < -0.3 is 10.1 Å². The smallest absolute Gasteiger partial charge is 0.245 e. The molecule has 5 nitrogen and oxygen atoms in total. The summed E-state index contributed by atoms with van der Waals surface area (Å²) in [5.74, 6) is 1.12. The van der Waals surface area contributed by atoms with Crippen molar-refractivity contribution in [2.45, 2.75) is 52.8 Å². The minimum absolute atomic E-state index is 0.212. The monoisotopic (exact) mass is 565 g/mol. The number of ether oxygens (including phenoxy) is 1. The lowest BCUT2D eigenvalue weighted by atomic mass is 9.96. The lowest BCUT2D eigenvalue weighted by molar-refractivity contribution is -0.117. The molecule has 3 atom stereocenters. The van der Waals surface area contributed by atoms with Gasteiger partial charge in [-0.25, -0.2) is 0 Å². The highest BCUT2D eigenvalue weighted by Crippen LogP contribution is 2.39. The molecule has 1 aliphatic heterocycles. The zero-order valence-corrected chi connectivity index (χ0v) is 23.1. The van der Waals surface area contributed by atoms with Gasteiger partial charge >= 0.3 is 0 Å². The van der Waals surface area contributed by atoms with Gasteiger partial charge in [-0.3, -0.25) is 15.1 Å². The number of hydrogen-bond acceptors (Lipinski definition) is 5. The predicted molar refractivity (Wildman–Crippen MR) is 152 cm³/mol. The van der Waals surface area contributed by atoms with Crippen LogP contribution in [0.25, 0.3) is 6.08 Å². The lowest BCUT2D eigenvalue weighted by Crippen LogP contribution is -2.55. The van der Waals surface area contributed by atoms with Crippen molar-refractivity contribution in [3.05, 3.63) is 71.8 Å². The largest absolute Gasteiger partial charge is 0.497 e. The zero-order valence-electron chi connectivity index (χ0n) is 20.0. The Morgan fingerprint density at radius 2 is 1.83 bits per heavy atom. The molecule has 1 amide bonds. The first-order valence-electron chi connectivity index (χ1n) is 12.1. The Labute approximate surface area is 232 Å². The van der Waals surface area contributed by atoms with Crippen molar-refractivity contribution in [2.75, 3.05) is 7.11 Å². The van der Waals surface area contributed by atoms with E-state index in [0.29, 0.717) is 5.92 Å². The molecule has 192 valence electrons. The van der Waals surface area contributed by atoms with Gasteiger partial charge in [0.1, 0.15) is 17.4 Å². The second-order valence-electron chi connectivity index (χ2n) is 9.00. The maximum absolute atomic E-state index is 12.6. The van der Waals surface area contributed by atoms with E-state index in [2.05, 4.69) is 10.6 Å². The maximum atomic E-state index is 12.6. The van der Waals surface area contributed by atoms with Gasteiger partial charge in [0.2, 0.25) is 9.70 Å². The van der Waals surface area contributed by atoms with Crippen molar-refractivity contribution in [3.63, 3.8) is 0 Å². The molecular weight excluding hydrogens is 537 g/mol. The molecule has 0 radical (unpaired) electrons. The topological polar surface area (TPSA) is 62.7 Å². The van der Waals surface area contributed by atoms with Crippen molar-refractivity contribution in [3.8, 4) is 5.75 Å². The highest BCUT2D eigenvalue weighted by Gasteiger charge is 2.39. The molecule has 2 aromatic carbocycles. The summed E-state index contributed by atoms with van der Waals surface area (Å²) in [4.78, 5) is 17.6. The number of alkyl halides is 3. The molecular formula is C27H30Cl3N3O2S. The fourth-order valence-electron chi connectivity index (χ4n) is 4.56. The Bertz CT molecular complexity index is 1070. The van der Waals surface area contributed by atoms with Crippen molar-refractivity contribution in [1.29, 1.82) is 0 Å². The summed E-state index contributed by atoms with van der Waals surface area (Å²) in [7, 11) is 1.65. The average Bonchev–Trinajstić information content (AvgIpc) is 3.53. The van der Waals surface area contributed by atoms with Gasteiger partial charge in [-0.15, -0.1) is 11.8 Å². The van der Waals surface area contributed by atoms with Gasteiger partial charge in [-0.1, -0.05) is 90.8 Å². The molecule has 1 heterocycles. The number of hydrogen-bond donors (Lipinski definition) is 2. The van der Waals surface area contributed by atoms with Gasteiger partial charge in [0.25, 0.3) is 0 Å². The summed E-state index contributed by atoms with van der Waals surface area (Å²) < 4.78 is 3.55. The summed E-state index contributed by atoms with van der Waals surface area (Å²) in [6.45, 7) is 0. The molecule has 36 heavy (non-hydrogen) atoms. The highest BCUT2D eigenvalue weighted by atomic mass is 35.6. The quantitative estimate of drug-likeness (QED) is 0.204. The minimum atomic E-state index is -1.77. The molecule has 1 aliphatic carbocycles. The van der Waals surface area contributed by atoms with E-state index in [9.17, 15) is 4.79 Å². The van der Waals surface area contributed by atoms with Crippen LogP contribution in [0, 0.1) is 5.92 Å². The third-order valence-corrected chi connectivity index (χ3v) is 8.31. The van der Waals surface area contributed by atoms with Crippen molar-refractivity contribution < 1.29 is 9.53 Å². The molecule has 1 fully saturated rings. The second-order valence-corrected chi connectivity index (χ2v) is 12.7. The van der Waals surface area contributed by atoms with Crippen LogP contribution in [0.3, 0.4) is 0 Å². The first kappa shape index (κ1) is 27.3. The van der Waals surface area contributed by atoms with Crippen molar-refractivity contribution >= 4 is 64.3 Å². The average molecular weight is 567 g/mol. The lowest BCUT2D eigenvalue weighted by Gasteiger charge is -2.28. The van der Waals surface area contributed by atoms with Gasteiger partial charge in [0, 0.05) is 6.08 Å². The number of nitrogens with one attached hydrogen (secondary N) is 2. The van der Waals surface area contributed by atoms with Crippen LogP contribution in [0.2, 0.25) is 0 Å². The van der Waals surface area contributed by atoms with Crippen LogP contribution in [0.15, 0.2) is 65.7 Å². The number of nitrogens with zero attached hydrogens (tertiary/aromatic N) is 1. The molecule has 0 saturated heterocycles. The predicted octanol–water partition coefficient (Wildman–Crippen LogP) is 6.58. The molecule has 2 aromatic rings. The maximum Gasteiger partial charge on any atom is 0.245 e. The van der Waals surface area contributed by atoms with E-state index in [1.165, 1.54) is 31.8 Å². The summed E-state index contributed by atoms with van der Waals surface area (Å²) >= 11 is 20.5. The van der Waals surface area contributed by atoms with E-state index in [0.717, 1.165) is 29.0 Å². The van der Waals surface area contributed by atoms with Crippen LogP contribution in [0.5, 0.6) is 5.75 Å². The van der Waals surface area contributed by atoms with E-state index < -0.39 is 9.96 Å². The minimum Gasteiger partial charge on any atom is -0.497 e. The third-order valence-electron chi connectivity index (χ3n) is 6.41. The summed E-state index contributed by atoms with van der Waals surface area (Å²) in [5, 5.41) is 6.24. The molecule has 1 saturated carbocycles. The van der Waals surface area contributed by atoms with Gasteiger partial charge in [-0.2, -0.15) is 0 Å². The van der Waals surface area contributed by atoms with Gasteiger partial charge in [-0.05, 0) is 53.8 Å². The second kappa shape index (κ2) is 12.7. The number of benzene rings is 2. The van der Waals surface area contributed by atoms with E-state index in [4.69, 9.17) is 44.5 Å². The summed E-state index contributed by atoms with van der Waals surface area (Å²) in [6, 6.07) is 17.5. The van der Waals surface area contributed by atoms with Crippen molar-refractivity contribution in [1.82, 2.24) is 10.6 Å². The van der Waals surface area contributed by atoms with Gasteiger partial charge in [0.05, 0.1) is 18.1 Å². The molecule has 2 N–H and O–H groups in total. The van der Waals surface area contributed by atoms with Crippen LogP contribution in [-0.2, 0) is 4.79 Å². The number of thioether (sulfide) groups is 1. The Hall–Kier alpha value is -1.70. The number of amides is 1. The molecule has 0 bridgehead atoms. The van der Waals surface area contributed by atoms with E-state index in [1.807, 2.05) is 54.6 Å². The Balaban J connectivity index is 1.48. The molecule has 2 aliphatic rings. The summed E-state index contributed by atoms with van der Waals surface area (Å²) in [6.07, 6.45) is 8.35. The molecule has 0 aromatic heterocycles. The number of carbonyl (C=O) groups is 1. The Kier molecular flexibility index (Phi) is 9.65. The molecule has 9 heteroatoms. The fraction of sp³-hybridized carbons (Fsp3) is 0.407. The van der Waals surface area contributed by atoms with Crippen LogP contribution in [-0.4, -0.2) is 39.4 Å². The molecule has 0 spiro atoms. The number of rotatable bonds is 9. The standard InChI is InChI=1S/C27H30Cl3N3O2S/c1-35-21-14-12-20(13-15-21)24-22(17-19-9-5-6-10-19)36-26(32-24)33-25(27(28,29)30)31-23(34)16-11-18-7-3-2-4-8-18/h2-4,7-8,11-16,19,22,25-26,33H,5-6,9-10,17H2,1H3,(H,31,34). The normalized spacial score (nSPS) is 21.5. The SMILES string of the molecule is COc1ccc(C2=NC(NC(NC(=O)C=Cc3ccccc3)C(Cl)(Cl)Cl)SC2CC2CCCC2)cc1. The van der Waals surface area contributed by atoms with Crippen molar-refractivity contribution in [2.24, 2.45) is 10.9 Å². The number of halogens is 3. The van der Waals surface area contributed by atoms with E-state index >= 15 is 0 Å². The number of carbonyl (C=O) groups excluding carboxylic acids is 1. The molecule has 3 unspecified atom stereocenters. The first-order chi connectivity index (χ1) is 17.3. The zero-order chi connectivity index (χ0) is 25.5. The third kappa shape index (κ3) is 7.65.